The smallest absolute Gasteiger partial charge is 0.303 e. The number of benzene rings is 1. The van der Waals surface area contributed by atoms with Crippen LogP contribution in [0.4, 0.5) is 5.69 Å². The second-order valence-electron chi connectivity index (χ2n) is 8.51. The number of rotatable bonds is 10. The van der Waals surface area contributed by atoms with E-state index in [1.807, 2.05) is 33.0 Å². The Kier molecular flexibility index (Phi) is 7.74. The minimum Gasteiger partial charge on any atom is -0.481 e. The van der Waals surface area contributed by atoms with Crippen molar-refractivity contribution < 1.29 is 19.4 Å². The molecule has 3 aromatic rings. The number of aryl methyl sites for hydroxylation is 3. The fourth-order valence-corrected chi connectivity index (χ4v) is 4.46. The first kappa shape index (κ1) is 24.3. The number of hydrogen-bond donors (Lipinski definition) is 1. The van der Waals surface area contributed by atoms with Crippen molar-refractivity contribution in [1.82, 2.24) is 9.55 Å². The summed E-state index contributed by atoms with van der Waals surface area (Å²) in [6.45, 7) is 6.34. The third-order valence-electron chi connectivity index (χ3n) is 6.21. The Morgan fingerprint density at radius 1 is 1.21 bits per heavy atom. The normalized spacial score (nSPS) is 12.0. The number of anilines is 1. The van der Waals surface area contributed by atoms with E-state index in [1.54, 1.807) is 18.1 Å². The van der Waals surface area contributed by atoms with Gasteiger partial charge in [-0.1, -0.05) is 19.1 Å². The number of aliphatic carboxylic acids is 1. The molecule has 0 aliphatic rings. The number of nitrogens with zero attached hydrogens (tertiary/aromatic N) is 3. The lowest BCUT2D eigenvalue weighted by Gasteiger charge is -2.28. The maximum absolute atomic E-state index is 13.8. The summed E-state index contributed by atoms with van der Waals surface area (Å²) in [5.41, 5.74) is 4.79. The Hall–Kier alpha value is -3.35. The van der Waals surface area contributed by atoms with Crippen molar-refractivity contribution in [3.05, 3.63) is 53.3 Å². The Balaban J connectivity index is 2.03. The fraction of sp³-hybridized carbons (Fsp3) is 0.423. The van der Waals surface area contributed by atoms with Crippen LogP contribution < -0.4 is 9.64 Å². The second kappa shape index (κ2) is 10.5. The maximum Gasteiger partial charge on any atom is 0.303 e. The van der Waals surface area contributed by atoms with E-state index < -0.39 is 5.97 Å². The van der Waals surface area contributed by atoms with E-state index in [-0.39, 0.29) is 18.2 Å². The van der Waals surface area contributed by atoms with E-state index in [0.29, 0.717) is 37.4 Å². The van der Waals surface area contributed by atoms with E-state index in [0.717, 1.165) is 27.7 Å². The molecule has 176 valence electrons. The molecule has 1 aromatic carbocycles. The van der Waals surface area contributed by atoms with Crippen LogP contribution in [0, 0.1) is 19.8 Å². The number of ether oxygens (including phenoxy) is 1. The molecule has 1 N–H and O–H groups in total. The van der Waals surface area contributed by atoms with Crippen molar-refractivity contribution >= 4 is 28.5 Å². The molecule has 0 spiro atoms. The molecule has 2 heterocycles. The van der Waals surface area contributed by atoms with Crippen LogP contribution in [0.5, 0.6) is 5.88 Å². The van der Waals surface area contributed by atoms with Gasteiger partial charge in [0.15, 0.2) is 0 Å². The average molecular weight is 452 g/mol. The molecule has 1 unspecified atom stereocenters. The first-order chi connectivity index (χ1) is 15.8. The lowest BCUT2D eigenvalue weighted by atomic mass is 9.96. The zero-order valence-electron chi connectivity index (χ0n) is 20.1. The number of amides is 1. The lowest BCUT2D eigenvalue weighted by molar-refractivity contribution is -0.137. The second-order valence-corrected chi connectivity index (χ2v) is 8.51. The Morgan fingerprint density at radius 3 is 2.61 bits per heavy atom. The molecule has 1 amide bonds. The first-order valence-corrected chi connectivity index (χ1v) is 11.3. The molecule has 0 saturated heterocycles. The number of methoxy groups -OCH3 is 1. The fourth-order valence-electron chi connectivity index (χ4n) is 4.46. The zero-order valence-corrected chi connectivity index (χ0v) is 20.1. The molecular formula is C26H33N3O4. The average Bonchev–Trinajstić information content (AvgIpc) is 3.11. The number of carboxylic acids is 1. The number of fused-ring (bicyclic) bond motifs is 1. The van der Waals surface area contributed by atoms with Crippen LogP contribution in [0.15, 0.2) is 36.5 Å². The maximum atomic E-state index is 13.8. The van der Waals surface area contributed by atoms with Gasteiger partial charge in [-0.3, -0.25) is 9.59 Å². The number of pyridine rings is 1. The van der Waals surface area contributed by atoms with Crippen LogP contribution in [0.1, 0.15) is 49.4 Å². The van der Waals surface area contributed by atoms with Crippen LogP contribution in [0.3, 0.4) is 0 Å². The van der Waals surface area contributed by atoms with E-state index in [9.17, 15) is 9.59 Å². The minimum absolute atomic E-state index is 0.0106. The van der Waals surface area contributed by atoms with Crippen LogP contribution in [0.2, 0.25) is 0 Å². The SMILES string of the molecule is CCC(CCCC(=O)O)C(=O)N(Cc1cn(C)c2cccc(C)c12)c1ccc(OC)nc1C. The molecule has 1 atom stereocenters. The highest BCUT2D eigenvalue weighted by atomic mass is 16.5. The molecule has 0 fully saturated rings. The summed E-state index contributed by atoms with van der Waals surface area (Å²) < 4.78 is 7.34. The number of hydrogen-bond acceptors (Lipinski definition) is 4. The molecule has 7 heteroatoms. The number of carbonyl (C=O) groups excluding carboxylic acids is 1. The van der Waals surface area contributed by atoms with Crippen molar-refractivity contribution in [3.8, 4) is 5.88 Å². The molecule has 0 saturated carbocycles. The van der Waals surface area contributed by atoms with Gasteiger partial charge >= 0.3 is 5.97 Å². The van der Waals surface area contributed by atoms with Gasteiger partial charge in [0.05, 0.1) is 25.0 Å². The van der Waals surface area contributed by atoms with Crippen molar-refractivity contribution in [3.63, 3.8) is 0 Å². The zero-order chi connectivity index (χ0) is 24.1. The van der Waals surface area contributed by atoms with Crippen molar-refractivity contribution in [2.75, 3.05) is 12.0 Å². The molecule has 0 bridgehead atoms. The Morgan fingerprint density at radius 2 is 1.97 bits per heavy atom. The highest BCUT2D eigenvalue weighted by Gasteiger charge is 2.27. The minimum atomic E-state index is -0.837. The monoisotopic (exact) mass is 451 g/mol. The highest BCUT2D eigenvalue weighted by Crippen LogP contribution is 2.31. The summed E-state index contributed by atoms with van der Waals surface area (Å²) in [5, 5.41) is 10.2. The predicted molar refractivity (Wildman–Crippen MR) is 130 cm³/mol. The van der Waals surface area contributed by atoms with Crippen molar-refractivity contribution in [1.29, 1.82) is 0 Å². The van der Waals surface area contributed by atoms with Gasteiger partial charge in [0.2, 0.25) is 11.8 Å². The third kappa shape index (κ3) is 5.35. The first-order valence-electron chi connectivity index (χ1n) is 11.3. The standard InChI is InChI=1S/C26H33N3O4/c1-6-19(10-8-12-24(30)31)26(32)29(21-13-14-23(33-5)27-18(21)3)16-20-15-28(4)22-11-7-9-17(2)25(20)22/h7,9,11,13-15,19H,6,8,10,12,16H2,1-5H3,(H,30,31). The van der Waals surface area contributed by atoms with Gasteiger partial charge in [0.1, 0.15) is 0 Å². The number of aromatic nitrogens is 2. The number of carboxylic acid groups (broad SMARTS) is 1. The molecule has 0 aliphatic heterocycles. The highest BCUT2D eigenvalue weighted by molar-refractivity contribution is 5.97. The van der Waals surface area contributed by atoms with E-state index in [1.165, 1.54) is 0 Å². The van der Waals surface area contributed by atoms with Crippen molar-refractivity contribution in [2.24, 2.45) is 13.0 Å². The summed E-state index contributed by atoms with van der Waals surface area (Å²) in [6, 6.07) is 9.85. The summed E-state index contributed by atoms with van der Waals surface area (Å²) in [7, 11) is 3.58. The Bertz CT molecular complexity index is 1150. The Labute approximate surface area is 195 Å². The van der Waals surface area contributed by atoms with E-state index in [2.05, 4.69) is 34.8 Å². The van der Waals surface area contributed by atoms with Crippen LogP contribution in [0.25, 0.3) is 10.9 Å². The summed E-state index contributed by atoms with van der Waals surface area (Å²) in [4.78, 5) is 31.1. The largest absolute Gasteiger partial charge is 0.481 e. The molecule has 2 aromatic heterocycles. The summed E-state index contributed by atoms with van der Waals surface area (Å²) in [6.07, 6.45) is 3.80. The molecule has 0 radical (unpaired) electrons. The lowest BCUT2D eigenvalue weighted by Crippen LogP contribution is -2.36. The number of carbonyl (C=O) groups is 2. The molecule has 7 nitrogen and oxygen atoms in total. The van der Waals surface area contributed by atoms with Crippen molar-refractivity contribution in [2.45, 2.75) is 53.0 Å². The van der Waals surface area contributed by atoms with Gasteiger partial charge in [-0.2, -0.15) is 0 Å². The molecular weight excluding hydrogens is 418 g/mol. The van der Waals surface area contributed by atoms with Gasteiger partial charge in [-0.25, -0.2) is 4.98 Å². The van der Waals surface area contributed by atoms with Crippen LogP contribution in [-0.2, 0) is 23.2 Å². The van der Waals surface area contributed by atoms with Gasteiger partial charge in [-0.15, -0.1) is 0 Å². The van der Waals surface area contributed by atoms with Gasteiger partial charge in [-0.05, 0) is 56.4 Å². The molecule has 0 aliphatic carbocycles. The van der Waals surface area contributed by atoms with Gasteiger partial charge in [0, 0.05) is 42.6 Å². The third-order valence-corrected chi connectivity index (χ3v) is 6.21. The topological polar surface area (TPSA) is 84.7 Å². The quantitative estimate of drug-likeness (QED) is 0.468. The van der Waals surface area contributed by atoms with Gasteiger partial charge in [0.25, 0.3) is 0 Å². The van der Waals surface area contributed by atoms with Gasteiger partial charge < -0.3 is 19.3 Å². The van der Waals surface area contributed by atoms with E-state index in [4.69, 9.17) is 9.84 Å². The summed E-state index contributed by atoms with van der Waals surface area (Å²) in [5.74, 6) is -0.612. The predicted octanol–water partition coefficient (Wildman–Crippen LogP) is 5.01. The summed E-state index contributed by atoms with van der Waals surface area (Å²) >= 11 is 0. The molecule has 33 heavy (non-hydrogen) atoms. The van der Waals surface area contributed by atoms with E-state index >= 15 is 0 Å². The van der Waals surface area contributed by atoms with Crippen LogP contribution >= 0.6 is 0 Å². The molecule has 3 rings (SSSR count). The van der Waals surface area contributed by atoms with Crippen LogP contribution in [-0.4, -0.2) is 33.6 Å².